The minimum Gasteiger partial charge on any atom is -0.444 e. The van der Waals surface area contributed by atoms with E-state index < -0.39 is 5.60 Å². The molecule has 0 N–H and O–H groups in total. The van der Waals surface area contributed by atoms with Crippen LogP contribution >= 0.6 is 0 Å². The van der Waals surface area contributed by atoms with Gasteiger partial charge in [-0.1, -0.05) is 0 Å². The number of rotatable bonds is 2. The van der Waals surface area contributed by atoms with Crippen molar-refractivity contribution in [2.24, 2.45) is 5.92 Å². The van der Waals surface area contributed by atoms with Crippen LogP contribution < -0.4 is 0 Å². The summed E-state index contributed by atoms with van der Waals surface area (Å²) in [6, 6.07) is 4.66. The molecule has 2 aliphatic rings. The Kier molecular flexibility index (Phi) is 5.09. The van der Waals surface area contributed by atoms with Gasteiger partial charge in [-0.15, -0.1) is 0 Å². The molecule has 2 atom stereocenters. The van der Waals surface area contributed by atoms with Crippen LogP contribution in [0.3, 0.4) is 0 Å². The van der Waals surface area contributed by atoms with Gasteiger partial charge in [-0.3, -0.25) is 4.79 Å². The van der Waals surface area contributed by atoms with Crippen molar-refractivity contribution in [1.29, 1.82) is 0 Å². The molecule has 0 aliphatic carbocycles. The van der Waals surface area contributed by atoms with Crippen molar-refractivity contribution in [1.82, 2.24) is 4.90 Å². The highest BCUT2D eigenvalue weighted by molar-refractivity contribution is 5.98. The lowest BCUT2D eigenvalue weighted by molar-refractivity contribution is -0.0260. The van der Waals surface area contributed by atoms with Crippen molar-refractivity contribution in [3.63, 3.8) is 0 Å². The Morgan fingerprint density at radius 2 is 1.77 bits per heavy atom. The predicted molar refractivity (Wildman–Crippen MR) is 97.7 cm³/mol. The molecule has 2 saturated heterocycles. The van der Waals surface area contributed by atoms with Crippen LogP contribution in [-0.4, -0.2) is 34.5 Å². The number of nitrogens with zero attached hydrogens (tertiary/aromatic N) is 1. The van der Waals surface area contributed by atoms with E-state index in [9.17, 15) is 14.0 Å². The molecule has 4 nitrogen and oxygen atoms in total. The summed E-state index contributed by atoms with van der Waals surface area (Å²) in [5, 5.41) is 0. The van der Waals surface area contributed by atoms with Crippen molar-refractivity contribution in [2.75, 3.05) is 0 Å². The zero-order valence-electron chi connectivity index (χ0n) is 16.0. The maximum absolute atomic E-state index is 13.5. The highest BCUT2D eigenvalue weighted by atomic mass is 19.1. The molecule has 0 spiro atoms. The highest BCUT2D eigenvalue weighted by Gasteiger charge is 2.44. The van der Waals surface area contributed by atoms with Crippen molar-refractivity contribution in [2.45, 2.75) is 77.5 Å². The summed E-state index contributed by atoms with van der Waals surface area (Å²) in [6.07, 6.45) is 3.93. The minimum atomic E-state index is -0.524. The number of hydrogen-bond acceptors (Lipinski definition) is 3. The molecule has 2 aliphatic heterocycles. The first kappa shape index (κ1) is 18.9. The fraction of sp³-hybridized carbons (Fsp3) is 0.619. The van der Waals surface area contributed by atoms with Crippen molar-refractivity contribution >= 4 is 11.9 Å². The molecule has 0 saturated carbocycles. The number of fused-ring (bicyclic) bond motifs is 2. The van der Waals surface area contributed by atoms with Gasteiger partial charge in [0.05, 0.1) is 0 Å². The fourth-order valence-electron chi connectivity index (χ4n) is 4.24. The molecule has 26 heavy (non-hydrogen) atoms. The summed E-state index contributed by atoms with van der Waals surface area (Å²) in [5.41, 5.74) is 0.531. The van der Waals surface area contributed by atoms with Gasteiger partial charge in [0.1, 0.15) is 11.4 Å². The largest absolute Gasteiger partial charge is 0.444 e. The first-order valence-corrected chi connectivity index (χ1v) is 9.47. The lowest BCUT2D eigenvalue weighted by Crippen LogP contribution is -2.56. The first-order chi connectivity index (χ1) is 12.2. The van der Waals surface area contributed by atoms with Crippen LogP contribution in [-0.2, 0) is 4.74 Å². The second-order valence-corrected chi connectivity index (χ2v) is 8.62. The number of ether oxygens (including phenoxy) is 1. The van der Waals surface area contributed by atoms with Gasteiger partial charge in [0, 0.05) is 23.6 Å². The molecular formula is C21H28FNO3. The predicted octanol–water partition coefficient (Wildman–Crippen LogP) is 4.89. The molecule has 2 fully saturated rings. The number of piperidine rings is 2. The molecule has 142 valence electrons. The van der Waals surface area contributed by atoms with Gasteiger partial charge >= 0.3 is 6.09 Å². The Balaban J connectivity index is 1.75. The number of aryl methyl sites for hydroxylation is 1. The molecule has 1 amide bonds. The molecule has 2 heterocycles. The van der Waals surface area contributed by atoms with E-state index in [-0.39, 0.29) is 35.7 Å². The van der Waals surface area contributed by atoms with E-state index in [0.717, 1.165) is 19.3 Å². The molecule has 0 aromatic heterocycles. The van der Waals surface area contributed by atoms with Crippen LogP contribution in [0.25, 0.3) is 0 Å². The van der Waals surface area contributed by atoms with Crippen LogP contribution in [0.1, 0.15) is 68.8 Å². The Labute approximate surface area is 154 Å². The Morgan fingerprint density at radius 1 is 1.15 bits per heavy atom. The second kappa shape index (κ2) is 7.01. The summed E-state index contributed by atoms with van der Waals surface area (Å²) in [6.45, 7) is 7.28. The van der Waals surface area contributed by atoms with Crippen LogP contribution in [0, 0.1) is 18.7 Å². The Hall–Kier alpha value is -1.91. The average Bonchev–Trinajstić information content (AvgIpc) is 2.54. The quantitative estimate of drug-likeness (QED) is 0.705. The SMILES string of the molecule is Cc1cc(C(=O)C2CC3CCCC(C2)N3C(=O)OC(C)(C)C)ccc1F. The van der Waals surface area contributed by atoms with Gasteiger partial charge in [-0.2, -0.15) is 0 Å². The third kappa shape index (κ3) is 3.92. The summed E-state index contributed by atoms with van der Waals surface area (Å²) < 4.78 is 19.1. The number of carbonyl (C=O) groups is 2. The van der Waals surface area contributed by atoms with E-state index in [1.807, 2.05) is 25.7 Å². The summed E-state index contributed by atoms with van der Waals surface area (Å²) >= 11 is 0. The lowest BCUT2D eigenvalue weighted by Gasteiger charge is -2.48. The number of Topliss-reactive ketones (excluding diaryl/α,β-unsaturated/α-hetero) is 1. The third-order valence-corrected chi connectivity index (χ3v) is 5.39. The molecule has 1 aromatic rings. The maximum atomic E-state index is 13.5. The number of benzene rings is 1. The van der Waals surface area contributed by atoms with E-state index in [4.69, 9.17) is 4.74 Å². The summed E-state index contributed by atoms with van der Waals surface area (Å²) in [5.74, 6) is -0.346. The molecular weight excluding hydrogens is 333 g/mol. The van der Waals surface area contributed by atoms with Crippen molar-refractivity contribution in [3.8, 4) is 0 Å². The van der Waals surface area contributed by atoms with Crippen molar-refractivity contribution < 1.29 is 18.7 Å². The van der Waals surface area contributed by atoms with E-state index in [2.05, 4.69) is 0 Å². The molecule has 1 aromatic carbocycles. The lowest BCUT2D eigenvalue weighted by atomic mass is 9.75. The zero-order chi connectivity index (χ0) is 19.1. The van der Waals surface area contributed by atoms with Gasteiger partial charge in [-0.05, 0) is 83.6 Å². The summed E-state index contributed by atoms with van der Waals surface area (Å²) in [4.78, 5) is 27.4. The van der Waals surface area contributed by atoms with E-state index in [0.29, 0.717) is 24.0 Å². The van der Waals surface area contributed by atoms with Gasteiger partial charge < -0.3 is 9.64 Å². The van der Waals surface area contributed by atoms with Gasteiger partial charge in [-0.25, -0.2) is 9.18 Å². The number of amides is 1. The van der Waals surface area contributed by atoms with Gasteiger partial charge in [0.15, 0.2) is 5.78 Å². The number of carbonyl (C=O) groups excluding carboxylic acids is 2. The number of ketones is 1. The van der Waals surface area contributed by atoms with Crippen LogP contribution in [0.4, 0.5) is 9.18 Å². The van der Waals surface area contributed by atoms with E-state index >= 15 is 0 Å². The maximum Gasteiger partial charge on any atom is 0.410 e. The van der Waals surface area contributed by atoms with E-state index in [1.165, 1.54) is 6.07 Å². The summed E-state index contributed by atoms with van der Waals surface area (Å²) in [7, 11) is 0. The molecule has 2 bridgehead atoms. The van der Waals surface area contributed by atoms with Gasteiger partial charge in [0.25, 0.3) is 0 Å². The third-order valence-electron chi connectivity index (χ3n) is 5.39. The van der Waals surface area contributed by atoms with Crippen LogP contribution in [0.5, 0.6) is 0 Å². The van der Waals surface area contributed by atoms with Crippen molar-refractivity contribution in [3.05, 3.63) is 35.1 Å². The molecule has 5 heteroatoms. The number of halogens is 1. The van der Waals surface area contributed by atoms with Crippen LogP contribution in [0.2, 0.25) is 0 Å². The topological polar surface area (TPSA) is 46.6 Å². The standard InChI is InChI=1S/C21H28FNO3/c1-13-10-14(8-9-18(13)22)19(24)15-11-16-6-5-7-17(12-15)23(16)20(25)26-21(2,3)4/h8-10,15-17H,5-7,11-12H2,1-4H3. The molecule has 3 rings (SSSR count). The Bertz CT molecular complexity index is 696. The molecule has 0 radical (unpaired) electrons. The van der Waals surface area contributed by atoms with Crippen LogP contribution in [0.15, 0.2) is 18.2 Å². The Morgan fingerprint density at radius 3 is 2.31 bits per heavy atom. The van der Waals surface area contributed by atoms with Gasteiger partial charge in [0.2, 0.25) is 0 Å². The fourth-order valence-corrected chi connectivity index (χ4v) is 4.24. The smallest absolute Gasteiger partial charge is 0.410 e. The second-order valence-electron chi connectivity index (χ2n) is 8.62. The normalized spacial score (nSPS) is 25.7. The zero-order valence-corrected chi connectivity index (χ0v) is 16.0. The average molecular weight is 361 g/mol. The minimum absolute atomic E-state index is 0.0489. The molecule has 2 unspecified atom stereocenters. The monoisotopic (exact) mass is 361 g/mol. The first-order valence-electron chi connectivity index (χ1n) is 9.47. The highest BCUT2D eigenvalue weighted by Crippen LogP contribution is 2.39. The number of hydrogen-bond donors (Lipinski definition) is 0. The van der Waals surface area contributed by atoms with E-state index in [1.54, 1.807) is 19.1 Å².